The fourth-order valence-electron chi connectivity index (χ4n) is 2.01. The van der Waals surface area contributed by atoms with Gasteiger partial charge in [-0.3, -0.25) is 0 Å². The summed E-state index contributed by atoms with van der Waals surface area (Å²) in [4.78, 5) is 3.96. The summed E-state index contributed by atoms with van der Waals surface area (Å²) < 4.78 is 1.69. The molecule has 0 fully saturated rings. The van der Waals surface area contributed by atoms with Crippen LogP contribution in [0.2, 0.25) is 10.0 Å². The Morgan fingerprint density at radius 3 is 2.71 bits per heavy atom. The normalized spacial score (nSPS) is 10.6. The van der Waals surface area contributed by atoms with Gasteiger partial charge in [0.25, 0.3) is 0 Å². The minimum atomic E-state index is 0.599. The molecule has 1 aromatic heterocycles. The van der Waals surface area contributed by atoms with Gasteiger partial charge in [-0.15, -0.1) is 0 Å². The van der Waals surface area contributed by atoms with Gasteiger partial charge >= 0.3 is 0 Å². The first-order valence-electron chi connectivity index (χ1n) is 6.36. The summed E-state index contributed by atoms with van der Waals surface area (Å²) in [6.07, 6.45) is 3.14. The number of rotatable bonds is 4. The molecule has 0 aliphatic carbocycles. The van der Waals surface area contributed by atoms with Crippen molar-refractivity contribution in [3.05, 3.63) is 70.7 Å². The lowest BCUT2D eigenvalue weighted by atomic mass is 10.2. The second-order valence-corrected chi connectivity index (χ2v) is 5.29. The quantitative estimate of drug-likeness (QED) is 0.784. The number of hydrogen-bond donors (Lipinski definition) is 1. The van der Waals surface area contributed by atoms with Gasteiger partial charge in [0.15, 0.2) is 0 Å². The minimum Gasteiger partial charge on any atom is -0.379 e. The Kier molecular flexibility index (Phi) is 4.08. The van der Waals surface area contributed by atoms with Crippen LogP contribution in [0.5, 0.6) is 0 Å². The average Bonchev–Trinajstić information content (AvgIpc) is 3.00. The van der Waals surface area contributed by atoms with E-state index in [2.05, 4.69) is 15.4 Å². The molecule has 3 aromatic rings. The van der Waals surface area contributed by atoms with Crippen molar-refractivity contribution in [1.29, 1.82) is 0 Å². The molecule has 2 aromatic carbocycles. The third-order valence-corrected chi connectivity index (χ3v) is 3.66. The molecule has 1 N–H and O–H groups in total. The van der Waals surface area contributed by atoms with Crippen LogP contribution in [0.1, 0.15) is 5.56 Å². The van der Waals surface area contributed by atoms with Crippen molar-refractivity contribution in [3.8, 4) is 5.69 Å². The Balaban J connectivity index is 1.88. The van der Waals surface area contributed by atoms with Gasteiger partial charge in [-0.1, -0.05) is 41.4 Å². The highest BCUT2D eigenvalue weighted by Gasteiger charge is 2.07. The molecule has 0 saturated heterocycles. The second kappa shape index (κ2) is 6.16. The van der Waals surface area contributed by atoms with Crippen molar-refractivity contribution >= 4 is 28.9 Å². The van der Waals surface area contributed by atoms with E-state index in [0.717, 1.165) is 22.0 Å². The summed E-state index contributed by atoms with van der Waals surface area (Å²) in [6.45, 7) is 0.599. The van der Waals surface area contributed by atoms with Crippen LogP contribution in [-0.2, 0) is 6.54 Å². The maximum Gasteiger partial charge on any atom is 0.138 e. The fraction of sp³-hybridized carbons (Fsp3) is 0.0667. The molecule has 6 heteroatoms. The standard InChI is InChI=1S/C15H12Cl2N4/c16-12-5-6-15(21-10-18-9-20-21)14(7-12)19-8-11-3-1-2-4-13(11)17/h1-7,9-10,19H,8H2. The summed E-state index contributed by atoms with van der Waals surface area (Å²) in [5.74, 6) is 0. The van der Waals surface area contributed by atoms with Crippen molar-refractivity contribution < 1.29 is 0 Å². The number of anilines is 1. The molecule has 0 radical (unpaired) electrons. The monoisotopic (exact) mass is 318 g/mol. The molecule has 106 valence electrons. The Morgan fingerprint density at radius 1 is 1.10 bits per heavy atom. The molecular formula is C15H12Cl2N4. The van der Waals surface area contributed by atoms with Crippen molar-refractivity contribution in [2.24, 2.45) is 0 Å². The van der Waals surface area contributed by atoms with E-state index in [-0.39, 0.29) is 0 Å². The van der Waals surface area contributed by atoms with E-state index in [1.807, 2.05) is 42.5 Å². The number of hydrogen-bond acceptors (Lipinski definition) is 3. The first kappa shape index (κ1) is 13.9. The van der Waals surface area contributed by atoms with Gasteiger partial charge in [0.05, 0.1) is 11.4 Å². The van der Waals surface area contributed by atoms with Gasteiger partial charge in [-0.05, 0) is 29.8 Å². The maximum absolute atomic E-state index is 6.17. The third kappa shape index (κ3) is 3.17. The van der Waals surface area contributed by atoms with Crippen molar-refractivity contribution in [2.75, 3.05) is 5.32 Å². The number of benzene rings is 2. The lowest BCUT2D eigenvalue weighted by Crippen LogP contribution is -2.05. The van der Waals surface area contributed by atoms with Crippen LogP contribution in [0.15, 0.2) is 55.1 Å². The van der Waals surface area contributed by atoms with Gasteiger partial charge in [0.1, 0.15) is 12.7 Å². The highest BCUT2D eigenvalue weighted by Crippen LogP contribution is 2.25. The summed E-state index contributed by atoms with van der Waals surface area (Å²) in [7, 11) is 0. The molecule has 0 atom stereocenters. The van der Waals surface area contributed by atoms with Gasteiger partial charge in [-0.25, -0.2) is 9.67 Å². The lowest BCUT2D eigenvalue weighted by Gasteiger charge is -2.13. The third-order valence-electron chi connectivity index (χ3n) is 3.05. The molecule has 3 rings (SSSR count). The van der Waals surface area contributed by atoms with E-state index in [1.165, 1.54) is 6.33 Å². The van der Waals surface area contributed by atoms with Crippen LogP contribution in [-0.4, -0.2) is 14.8 Å². The first-order chi connectivity index (χ1) is 10.2. The van der Waals surface area contributed by atoms with Crippen LogP contribution >= 0.6 is 23.2 Å². The van der Waals surface area contributed by atoms with Gasteiger partial charge < -0.3 is 5.32 Å². The highest BCUT2D eigenvalue weighted by atomic mass is 35.5. The largest absolute Gasteiger partial charge is 0.379 e. The predicted molar refractivity (Wildman–Crippen MR) is 85.1 cm³/mol. The number of aromatic nitrogens is 3. The Hall–Kier alpha value is -2.04. The molecular weight excluding hydrogens is 307 g/mol. The maximum atomic E-state index is 6.17. The molecule has 0 spiro atoms. The molecule has 0 bridgehead atoms. The molecule has 0 saturated carbocycles. The van der Waals surface area contributed by atoms with Crippen LogP contribution in [0.3, 0.4) is 0 Å². The van der Waals surface area contributed by atoms with Crippen molar-refractivity contribution in [3.63, 3.8) is 0 Å². The Labute approximate surface area is 132 Å². The summed E-state index contributed by atoms with van der Waals surface area (Å²) in [5, 5.41) is 8.87. The SMILES string of the molecule is Clc1ccc(-n2cncn2)c(NCc2ccccc2Cl)c1. The van der Waals surface area contributed by atoms with E-state index in [9.17, 15) is 0 Å². The Morgan fingerprint density at radius 2 is 1.95 bits per heavy atom. The molecule has 0 aliphatic rings. The number of nitrogens with one attached hydrogen (secondary N) is 1. The van der Waals surface area contributed by atoms with Crippen LogP contribution < -0.4 is 5.32 Å². The number of halogens is 2. The van der Waals surface area contributed by atoms with E-state index < -0.39 is 0 Å². The lowest BCUT2D eigenvalue weighted by molar-refractivity contribution is 0.878. The average molecular weight is 319 g/mol. The summed E-state index contributed by atoms with van der Waals surface area (Å²) >= 11 is 12.2. The second-order valence-electron chi connectivity index (χ2n) is 4.45. The highest BCUT2D eigenvalue weighted by molar-refractivity contribution is 6.31. The van der Waals surface area contributed by atoms with Gasteiger partial charge in [0, 0.05) is 16.6 Å². The van der Waals surface area contributed by atoms with Crippen molar-refractivity contribution in [1.82, 2.24) is 14.8 Å². The summed E-state index contributed by atoms with van der Waals surface area (Å²) in [6, 6.07) is 13.3. The molecule has 1 heterocycles. The summed E-state index contributed by atoms with van der Waals surface area (Å²) in [5.41, 5.74) is 2.76. The van der Waals surface area contributed by atoms with Crippen LogP contribution in [0, 0.1) is 0 Å². The minimum absolute atomic E-state index is 0.599. The van der Waals surface area contributed by atoms with E-state index in [0.29, 0.717) is 11.6 Å². The molecule has 0 amide bonds. The molecule has 4 nitrogen and oxygen atoms in total. The number of nitrogens with zero attached hydrogens (tertiary/aromatic N) is 3. The van der Waals surface area contributed by atoms with Gasteiger partial charge in [0.2, 0.25) is 0 Å². The molecule has 21 heavy (non-hydrogen) atoms. The Bertz CT molecular complexity index is 741. The molecule has 0 aliphatic heterocycles. The molecule has 0 unspecified atom stereocenters. The fourth-order valence-corrected chi connectivity index (χ4v) is 2.39. The predicted octanol–water partition coefficient (Wildman–Crippen LogP) is 4.19. The van der Waals surface area contributed by atoms with Crippen LogP contribution in [0.4, 0.5) is 5.69 Å². The van der Waals surface area contributed by atoms with Gasteiger partial charge in [-0.2, -0.15) is 5.10 Å². The van der Waals surface area contributed by atoms with E-state index in [4.69, 9.17) is 23.2 Å². The zero-order valence-corrected chi connectivity index (χ0v) is 12.5. The smallest absolute Gasteiger partial charge is 0.138 e. The zero-order chi connectivity index (χ0) is 14.7. The zero-order valence-electron chi connectivity index (χ0n) is 11.0. The van der Waals surface area contributed by atoms with E-state index >= 15 is 0 Å². The van der Waals surface area contributed by atoms with Crippen LogP contribution in [0.25, 0.3) is 5.69 Å². The van der Waals surface area contributed by atoms with Crippen molar-refractivity contribution in [2.45, 2.75) is 6.54 Å². The van der Waals surface area contributed by atoms with E-state index in [1.54, 1.807) is 11.0 Å². The topological polar surface area (TPSA) is 42.7 Å². The first-order valence-corrected chi connectivity index (χ1v) is 7.11.